The highest BCUT2D eigenvalue weighted by atomic mass is 16.5. The molecule has 1 aliphatic rings. The zero-order valence-electron chi connectivity index (χ0n) is 10.8. The van der Waals surface area contributed by atoms with Gasteiger partial charge in [0.05, 0.1) is 18.4 Å². The molecule has 0 aliphatic heterocycles. The molecule has 18 heavy (non-hydrogen) atoms. The van der Waals surface area contributed by atoms with Crippen LogP contribution in [0.15, 0.2) is 12.3 Å². The van der Waals surface area contributed by atoms with Crippen molar-refractivity contribution >= 4 is 17.5 Å². The average molecular weight is 249 g/mol. The number of pyridine rings is 1. The van der Waals surface area contributed by atoms with Crippen LogP contribution >= 0.6 is 0 Å². The van der Waals surface area contributed by atoms with Gasteiger partial charge in [-0.1, -0.05) is 13.3 Å². The van der Waals surface area contributed by atoms with Gasteiger partial charge in [-0.3, -0.25) is 0 Å². The maximum Gasteiger partial charge on any atom is 0.340 e. The first-order chi connectivity index (χ1) is 8.67. The van der Waals surface area contributed by atoms with E-state index < -0.39 is 5.97 Å². The van der Waals surface area contributed by atoms with Gasteiger partial charge < -0.3 is 15.8 Å². The summed E-state index contributed by atoms with van der Waals surface area (Å²) in [5.41, 5.74) is 6.66. The predicted octanol–water partition coefficient (Wildman–Crippen LogP) is 2.05. The van der Waals surface area contributed by atoms with Crippen LogP contribution in [0.3, 0.4) is 0 Å². The summed E-state index contributed by atoms with van der Waals surface area (Å²) in [6.45, 7) is 2.18. The fraction of sp³-hybridized carbons (Fsp3) is 0.538. The number of carbonyl (C=O) groups is 1. The zero-order chi connectivity index (χ0) is 13.1. The average Bonchev–Trinajstić information content (AvgIpc) is 3.10. The lowest BCUT2D eigenvalue weighted by atomic mass is 10.2. The van der Waals surface area contributed by atoms with Gasteiger partial charge in [0.15, 0.2) is 0 Å². The molecular weight excluding hydrogens is 230 g/mol. The lowest BCUT2D eigenvalue weighted by Crippen LogP contribution is -2.12. The van der Waals surface area contributed by atoms with Crippen molar-refractivity contribution in [1.29, 1.82) is 0 Å². The largest absolute Gasteiger partial charge is 0.465 e. The van der Waals surface area contributed by atoms with Gasteiger partial charge in [-0.25, -0.2) is 9.78 Å². The SMILES string of the molecule is CCCC1CC1Nc1nccc(C(=O)OC)c1N. The minimum atomic E-state index is -0.432. The molecule has 2 unspecified atom stereocenters. The number of hydrogen-bond acceptors (Lipinski definition) is 5. The van der Waals surface area contributed by atoms with Gasteiger partial charge in [0.1, 0.15) is 5.82 Å². The number of nitrogens with two attached hydrogens (primary N) is 1. The summed E-state index contributed by atoms with van der Waals surface area (Å²) in [5, 5.41) is 3.29. The lowest BCUT2D eigenvalue weighted by Gasteiger charge is -2.10. The predicted molar refractivity (Wildman–Crippen MR) is 70.4 cm³/mol. The van der Waals surface area contributed by atoms with Crippen LogP contribution in [-0.4, -0.2) is 24.1 Å². The minimum Gasteiger partial charge on any atom is -0.465 e. The van der Waals surface area contributed by atoms with E-state index in [-0.39, 0.29) is 0 Å². The maximum atomic E-state index is 11.5. The molecule has 0 spiro atoms. The van der Waals surface area contributed by atoms with Crippen molar-refractivity contribution in [2.24, 2.45) is 5.92 Å². The van der Waals surface area contributed by atoms with Gasteiger partial charge in [0.2, 0.25) is 0 Å². The Morgan fingerprint density at radius 1 is 1.67 bits per heavy atom. The quantitative estimate of drug-likeness (QED) is 0.781. The summed E-state index contributed by atoms with van der Waals surface area (Å²) in [5.74, 6) is 0.860. The summed E-state index contributed by atoms with van der Waals surface area (Å²) in [7, 11) is 1.34. The van der Waals surface area contributed by atoms with Crippen molar-refractivity contribution in [3.63, 3.8) is 0 Å². The first-order valence-corrected chi connectivity index (χ1v) is 6.26. The van der Waals surface area contributed by atoms with E-state index >= 15 is 0 Å². The van der Waals surface area contributed by atoms with Crippen LogP contribution in [0.25, 0.3) is 0 Å². The Labute approximate surface area is 107 Å². The second kappa shape index (κ2) is 5.25. The summed E-state index contributed by atoms with van der Waals surface area (Å²) in [6.07, 6.45) is 5.13. The maximum absolute atomic E-state index is 11.5. The summed E-state index contributed by atoms with van der Waals surface area (Å²) in [4.78, 5) is 15.7. The molecule has 1 aromatic heterocycles. The Bertz CT molecular complexity index is 448. The smallest absolute Gasteiger partial charge is 0.340 e. The molecule has 1 heterocycles. The van der Waals surface area contributed by atoms with Gasteiger partial charge in [-0.15, -0.1) is 0 Å². The van der Waals surface area contributed by atoms with Crippen molar-refractivity contribution in [3.05, 3.63) is 17.8 Å². The molecular formula is C13H19N3O2. The molecule has 0 aromatic carbocycles. The highest BCUT2D eigenvalue weighted by Crippen LogP contribution is 2.38. The highest BCUT2D eigenvalue weighted by Gasteiger charge is 2.36. The topological polar surface area (TPSA) is 77.2 Å². The molecule has 1 aliphatic carbocycles. The molecule has 0 amide bonds. The molecule has 2 rings (SSSR count). The van der Waals surface area contributed by atoms with E-state index in [4.69, 9.17) is 5.73 Å². The van der Waals surface area contributed by atoms with Crippen molar-refractivity contribution in [2.45, 2.75) is 32.2 Å². The van der Waals surface area contributed by atoms with Crippen molar-refractivity contribution < 1.29 is 9.53 Å². The van der Waals surface area contributed by atoms with Crippen LogP contribution in [0, 0.1) is 5.92 Å². The van der Waals surface area contributed by atoms with Gasteiger partial charge in [-0.05, 0) is 24.8 Å². The zero-order valence-corrected chi connectivity index (χ0v) is 10.8. The summed E-state index contributed by atoms with van der Waals surface area (Å²) < 4.78 is 4.68. The number of hydrogen-bond donors (Lipinski definition) is 2. The number of nitrogens with zero attached hydrogens (tertiary/aromatic N) is 1. The van der Waals surface area contributed by atoms with Gasteiger partial charge in [0, 0.05) is 12.2 Å². The van der Waals surface area contributed by atoms with Crippen LogP contribution in [0.4, 0.5) is 11.5 Å². The number of ether oxygens (including phenoxy) is 1. The number of esters is 1. The Morgan fingerprint density at radius 2 is 2.44 bits per heavy atom. The number of methoxy groups -OCH3 is 1. The number of rotatable bonds is 5. The van der Waals surface area contributed by atoms with E-state index in [9.17, 15) is 4.79 Å². The fourth-order valence-corrected chi connectivity index (χ4v) is 2.17. The Morgan fingerprint density at radius 3 is 3.11 bits per heavy atom. The summed E-state index contributed by atoms with van der Waals surface area (Å²) >= 11 is 0. The molecule has 5 heteroatoms. The van der Waals surface area contributed by atoms with Crippen molar-refractivity contribution in [3.8, 4) is 0 Å². The van der Waals surface area contributed by atoms with E-state index in [1.165, 1.54) is 20.0 Å². The van der Waals surface area contributed by atoms with Crippen LogP contribution in [0.5, 0.6) is 0 Å². The molecule has 1 aromatic rings. The number of nitrogens with one attached hydrogen (secondary N) is 1. The molecule has 2 atom stereocenters. The second-order valence-electron chi connectivity index (χ2n) is 4.65. The van der Waals surface area contributed by atoms with E-state index in [1.54, 1.807) is 12.3 Å². The molecule has 0 radical (unpaired) electrons. The van der Waals surface area contributed by atoms with Crippen LogP contribution < -0.4 is 11.1 Å². The Kier molecular flexibility index (Phi) is 3.69. The standard InChI is InChI=1S/C13H19N3O2/c1-3-4-8-7-10(8)16-12-11(14)9(5-6-15-12)13(17)18-2/h5-6,8,10H,3-4,7,14H2,1-2H3,(H,15,16). The molecule has 3 N–H and O–H groups in total. The van der Waals surface area contributed by atoms with E-state index in [0.717, 1.165) is 6.42 Å². The van der Waals surface area contributed by atoms with E-state index in [2.05, 4.69) is 22.0 Å². The number of nitrogen functional groups attached to an aromatic ring is 1. The van der Waals surface area contributed by atoms with Crippen molar-refractivity contribution in [2.75, 3.05) is 18.2 Å². The molecule has 0 saturated heterocycles. The third kappa shape index (κ3) is 2.55. The van der Waals surface area contributed by atoms with Crippen molar-refractivity contribution in [1.82, 2.24) is 4.98 Å². The third-order valence-corrected chi connectivity index (χ3v) is 3.30. The molecule has 5 nitrogen and oxygen atoms in total. The third-order valence-electron chi connectivity index (χ3n) is 3.30. The molecule has 1 saturated carbocycles. The first kappa shape index (κ1) is 12.7. The normalized spacial score (nSPS) is 21.4. The molecule has 1 fully saturated rings. The molecule has 0 bridgehead atoms. The minimum absolute atomic E-state index is 0.364. The van der Waals surface area contributed by atoms with E-state index in [0.29, 0.717) is 29.0 Å². The second-order valence-corrected chi connectivity index (χ2v) is 4.65. The van der Waals surface area contributed by atoms with Gasteiger partial charge in [-0.2, -0.15) is 0 Å². The van der Waals surface area contributed by atoms with Gasteiger partial charge >= 0.3 is 5.97 Å². The Balaban J connectivity index is 2.08. The Hall–Kier alpha value is -1.78. The van der Waals surface area contributed by atoms with Gasteiger partial charge in [0.25, 0.3) is 0 Å². The van der Waals surface area contributed by atoms with E-state index in [1.807, 2.05) is 0 Å². The lowest BCUT2D eigenvalue weighted by molar-refractivity contribution is 0.0602. The number of aromatic nitrogens is 1. The monoisotopic (exact) mass is 249 g/mol. The van der Waals surface area contributed by atoms with Crippen LogP contribution in [0.2, 0.25) is 0 Å². The van der Waals surface area contributed by atoms with Crippen LogP contribution in [0.1, 0.15) is 36.5 Å². The summed E-state index contributed by atoms with van der Waals surface area (Å²) in [6, 6.07) is 2.01. The first-order valence-electron chi connectivity index (χ1n) is 6.26. The number of carbonyl (C=O) groups excluding carboxylic acids is 1. The fourth-order valence-electron chi connectivity index (χ4n) is 2.17. The molecule has 98 valence electrons. The number of anilines is 2. The highest BCUT2D eigenvalue weighted by molar-refractivity contribution is 5.97. The van der Waals surface area contributed by atoms with Crippen LogP contribution in [-0.2, 0) is 4.74 Å².